The fraction of sp³-hybridized carbons (Fsp3) is 0.875. The van der Waals surface area contributed by atoms with Crippen molar-refractivity contribution in [1.29, 1.82) is 0 Å². The summed E-state index contributed by atoms with van der Waals surface area (Å²) in [5, 5.41) is 32.3. The number of hydrogen-bond acceptors (Lipinski definition) is 8. The van der Waals surface area contributed by atoms with Gasteiger partial charge in [-0.3, -0.25) is 9.59 Å². The molecule has 2 heterocycles. The van der Waals surface area contributed by atoms with Crippen molar-refractivity contribution in [2.45, 2.75) is 62.6 Å². The third kappa shape index (κ3) is 2.65. The summed E-state index contributed by atoms with van der Waals surface area (Å²) in [6, 6.07) is -0.984. The van der Waals surface area contributed by atoms with E-state index >= 15 is 0 Å². The lowest BCUT2D eigenvalue weighted by molar-refractivity contribution is -0.291. The number of amides is 1. The van der Waals surface area contributed by atoms with E-state index in [0.717, 1.165) is 6.42 Å². The smallest absolute Gasteiger partial charge is 0.309 e. The number of carbonyl (C=O) groups is 2. The normalized spacial score (nSPS) is 50.8. The van der Waals surface area contributed by atoms with Gasteiger partial charge in [0.25, 0.3) is 0 Å². The Balaban J connectivity index is 1.52. The minimum Gasteiger partial charge on any atom is -0.459 e. The van der Waals surface area contributed by atoms with E-state index in [1.54, 1.807) is 0 Å². The van der Waals surface area contributed by atoms with Crippen molar-refractivity contribution in [1.82, 2.24) is 5.32 Å². The van der Waals surface area contributed by atoms with Crippen LogP contribution in [0.25, 0.3) is 0 Å². The summed E-state index contributed by atoms with van der Waals surface area (Å²) in [7, 11) is 0. The second kappa shape index (κ2) is 6.17. The maximum Gasteiger partial charge on any atom is 0.309 e. The van der Waals surface area contributed by atoms with Crippen LogP contribution in [0.3, 0.4) is 0 Å². The van der Waals surface area contributed by atoms with Gasteiger partial charge in [0.1, 0.15) is 36.6 Å². The van der Waals surface area contributed by atoms with Gasteiger partial charge in [-0.2, -0.15) is 0 Å². The molecule has 2 saturated carbocycles. The van der Waals surface area contributed by atoms with Crippen molar-refractivity contribution in [3.05, 3.63) is 0 Å². The highest BCUT2D eigenvalue weighted by Crippen LogP contribution is 2.55. The molecular formula is C16H23NO8. The molecule has 4 fully saturated rings. The maximum absolute atomic E-state index is 11.9. The first-order valence-corrected chi connectivity index (χ1v) is 8.66. The SMILES string of the molecule is CC(=O)N[C@H]1[C@H](O[C@H]2[C@H]3C[C@H]4[C@@H]2OC(=O)[C@H]4C3)O[C@H](CO)[C@@H](O)[C@@H]1O. The van der Waals surface area contributed by atoms with Gasteiger partial charge in [-0.1, -0.05) is 0 Å². The molecule has 25 heavy (non-hydrogen) atoms. The molecule has 0 aromatic carbocycles. The first kappa shape index (κ1) is 17.2. The van der Waals surface area contributed by atoms with Crippen molar-refractivity contribution >= 4 is 11.9 Å². The highest BCUT2D eigenvalue weighted by atomic mass is 16.7. The van der Waals surface area contributed by atoms with Crippen molar-refractivity contribution in [3.8, 4) is 0 Å². The Morgan fingerprint density at radius 3 is 2.76 bits per heavy atom. The third-order valence-corrected chi connectivity index (χ3v) is 5.96. The summed E-state index contributed by atoms with van der Waals surface area (Å²) in [5.74, 6) is -0.337. The van der Waals surface area contributed by atoms with Gasteiger partial charge >= 0.3 is 5.97 Å². The standard InChI is InChI=1S/C16H23NO8/c1-5(19)17-10-12(21)11(20)9(4-18)23-16(10)25-13-6-2-7-8(3-6)15(22)24-14(7)13/h6-14,16,18,20-21H,2-4H2,1H3,(H,17,19)/t6-,7+,8-,9+,10+,11+,12+,13-,14-,16-/m0/s1. The molecule has 0 unspecified atom stereocenters. The molecule has 4 rings (SSSR count). The molecule has 9 nitrogen and oxygen atoms in total. The molecule has 0 aromatic rings. The third-order valence-electron chi connectivity index (χ3n) is 5.96. The molecule has 4 N–H and O–H groups in total. The van der Waals surface area contributed by atoms with Crippen molar-refractivity contribution in [2.75, 3.05) is 6.61 Å². The lowest BCUT2D eigenvalue weighted by atomic mass is 9.88. The van der Waals surface area contributed by atoms with Crippen LogP contribution >= 0.6 is 0 Å². The van der Waals surface area contributed by atoms with E-state index in [9.17, 15) is 24.9 Å². The zero-order valence-corrected chi connectivity index (χ0v) is 13.8. The van der Waals surface area contributed by atoms with Gasteiger partial charge in [0.2, 0.25) is 5.91 Å². The zero-order chi connectivity index (χ0) is 17.9. The van der Waals surface area contributed by atoms with Crippen LogP contribution in [0.4, 0.5) is 0 Å². The first-order valence-electron chi connectivity index (χ1n) is 8.66. The minimum absolute atomic E-state index is 0.0501. The molecule has 10 atom stereocenters. The van der Waals surface area contributed by atoms with Crippen molar-refractivity contribution < 1.29 is 39.1 Å². The van der Waals surface area contributed by atoms with Crippen LogP contribution in [0.5, 0.6) is 0 Å². The maximum atomic E-state index is 11.9. The molecule has 2 bridgehead atoms. The predicted octanol–water partition coefficient (Wildman–Crippen LogP) is -2.10. The predicted molar refractivity (Wildman–Crippen MR) is 79.8 cm³/mol. The zero-order valence-electron chi connectivity index (χ0n) is 13.8. The summed E-state index contributed by atoms with van der Waals surface area (Å²) < 4.78 is 17.1. The van der Waals surface area contributed by atoms with Gasteiger partial charge in [0.15, 0.2) is 6.29 Å². The van der Waals surface area contributed by atoms with Crippen LogP contribution in [0.1, 0.15) is 19.8 Å². The van der Waals surface area contributed by atoms with E-state index in [1.807, 2.05) is 0 Å². The molecule has 1 amide bonds. The van der Waals surface area contributed by atoms with E-state index in [1.165, 1.54) is 6.92 Å². The van der Waals surface area contributed by atoms with E-state index in [2.05, 4.69) is 5.32 Å². The Kier molecular flexibility index (Phi) is 4.24. The minimum atomic E-state index is -1.35. The van der Waals surface area contributed by atoms with Crippen LogP contribution in [0.2, 0.25) is 0 Å². The number of rotatable bonds is 4. The molecule has 4 aliphatic rings. The number of aliphatic hydroxyl groups is 3. The van der Waals surface area contributed by atoms with E-state index in [0.29, 0.717) is 6.42 Å². The Morgan fingerprint density at radius 2 is 2.08 bits per heavy atom. The summed E-state index contributed by atoms with van der Waals surface area (Å²) in [4.78, 5) is 23.3. The lowest BCUT2D eigenvalue weighted by Gasteiger charge is -2.44. The van der Waals surface area contributed by atoms with Gasteiger partial charge in [-0.15, -0.1) is 0 Å². The molecule has 140 valence electrons. The number of carbonyl (C=O) groups excluding carboxylic acids is 2. The summed E-state index contributed by atoms with van der Waals surface area (Å²) in [5.41, 5.74) is 0. The molecule has 0 radical (unpaired) electrons. The molecule has 2 aliphatic heterocycles. The largest absolute Gasteiger partial charge is 0.459 e. The van der Waals surface area contributed by atoms with Gasteiger partial charge in [-0.25, -0.2) is 0 Å². The Labute approximate surface area is 144 Å². The van der Waals surface area contributed by atoms with Crippen LogP contribution in [-0.4, -0.2) is 76.7 Å². The van der Waals surface area contributed by atoms with Crippen LogP contribution in [-0.2, 0) is 23.8 Å². The first-order chi connectivity index (χ1) is 11.9. The van der Waals surface area contributed by atoms with Gasteiger partial charge in [0, 0.05) is 12.8 Å². The fourth-order valence-corrected chi connectivity index (χ4v) is 4.83. The highest BCUT2D eigenvalue weighted by Gasteiger charge is 2.63. The van der Waals surface area contributed by atoms with E-state index < -0.39 is 43.2 Å². The average molecular weight is 357 g/mol. The molecule has 0 spiro atoms. The molecule has 2 aliphatic carbocycles. The molecule has 9 heteroatoms. The lowest BCUT2D eigenvalue weighted by Crippen LogP contribution is -2.65. The van der Waals surface area contributed by atoms with Crippen molar-refractivity contribution in [3.63, 3.8) is 0 Å². The topological polar surface area (TPSA) is 135 Å². The average Bonchev–Trinajstić information content (AvgIpc) is 3.18. The quantitative estimate of drug-likeness (QED) is 0.420. The van der Waals surface area contributed by atoms with E-state index in [4.69, 9.17) is 14.2 Å². The van der Waals surface area contributed by atoms with Gasteiger partial charge in [-0.05, 0) is 18.8 Å². The number of ether oxygens (including phenoxy) is 3. The Hall–Kier alpha value is -1.26. The van der Waals surface area contributed by atoms with E-state index in [-0.39, 0.29) is 35.9 Å². The number of hydrogen-bond donors (Lipinski definition) is 4. The summed E-state index contributed by atoms with van der Waals surface area (Å²) in [6.45, 7) is 0.789. The number of aliphatic hydroxyl groups excluding tert-OH is 3. The fourth-order valence-electron chi connectivity index (χ4n) is 4.83. The Bertz CT molecular complexity index is 570. The Morgan fingerprint density at radius 1 is 1.32 bits per heavy atom. The van der Waals surface area contributed by atoms with Crippen LogP contribution in [0, 0.1) is 17.8 Å². The summed E-state index contributed by atoms with van der Waals surface area (Å²) in [6.07, 6.45) is -3.95. The second-order valence-electron chi connectivity index (χ2n) is 7.44. The molecule has 0 aromatic heterocycles. The monoisotopic (exact) mass is 357 g/mol. The second-order valence-corrected chi connectivity index (χ2v) is 7.44. The van der Waals surface area contributed by atoms with Crippen molar-refractivity contribution in [2.24, 2.45) is 17.8 Å². The van der Waals surface area contributed by atoms with Crippen LogP contribution < -0.4 is 5.32 Å². The van der Waals surface area contributed by atoms with Crippen LogP contribution in [0.15, 0.2) is 0 Å². The molecular weight excluding hydrogens is 334 g/mol. The molecule has 2 saturated heterocycles. The highest BCUT2D eigenvalue weighted by molar-refractivity contribution is 5.76. The summed E-state index contributed by atoms with van der Waals surface area (Å²) >= 11 is 0. The van der Waals surface area contributed by atoms with Gasteiger partial charge in [0.05, 0.1) is 12.5 Å². The van der Waals surface area contributed by atoms with Gasteiger partial charge < -0.3 is 34.8 Å². The number of esters is 1. The number of nitrogens with one attached hydrogen (secondary N) is 1. The number of fused-ring (bicyclic) bond motifs is 1.